The van der Waals surface area contributed by atoms with Gasteiger partial charge in [-0.05, 0) is 50.0 Å². The Kier molecular flexibility index (Phi) is 8.74. The van der Waals surface area contributed by atoms with E-state index in [9.17, 15) is 9.50 Å². The molecule has 0 spiro atoms. The minimum absolute atomic E-state index is 0. The summed E-state index contributed by atoms with van der Waals surface area (Å²) in [6, 6.07) is 5.01. The molecule has 0 amide bonds. The smallest absolute Gasteiger partial charge is 0.127 e. The fraction of sp³-hybridized carbons (Fsp3) is 0.600. The van der Waals surface area contributed by atoms with Crippen LogP contribution in [-0.2, 0) is 6.54 Å². The molecule has 3 nitrogen and oxygen atoms in total. The predicted octanol–water partition coefficient (Wildman–Crippen LogP) is 2.80. The molecule has 2 N–H and O–H groups in total. The van der Waals surface area contributed by atoms with Gasteiger partial charge < -0.3 is 10.4 Å². The van der Waals surface area contributed by atoms with E-state index in [1.165, 1.54) is 18.9 Å². The first-order chi connectivity index (χ1) is 9.69. The predicted molar refractivity (Wildman–Crippen MR) is 89.3 cm³/mol. The quantitative estimate of drug-likeness (QED) is 0.795. The van der Waals surface area contributed by atoms with Crippen LogP contribution >= 0.6 is 28.3 Å². The van der Waals surface area contributed by atoms with Crippen molar-refractivity contribution in [2.24, 2.45) is 5.92 Å². The minimum atomic E-state index is -0.182. The van der Waals surface area contributed by atoms with Gasteiger partial charge in [-0.25, -0.2) is 4.39 Å². The summed E-state index contributed by atoms with van der Waals surface area (Å²) in [5.41, 5.74) is 0.677. The topological polar surface area (TPSA) is 35.5 Å². The monoisotopic (exact) mass is 380 g/mol. The third-order valence-electron chi connectivity index (χ3n) is 3.73. The summed E-state index contributed by atoms with van der Waals surface area (Å²) in [6.45, 7) is 4.25. The van der Waals surface area contributed by atoms with Gasteiger partial charge in [-0.15, -0.1) is 12.4 Å². The summed E-state index contributed by atoms with van der Waals surface area (Å²) in [7, 11) is 0. The summed E-state index contributed by atoms with van der Waals surface area (Å²) in [4.78, 5) is 2.14. The molecule has 0 aromatic heterocycles. The molecule has 21 heavy (non-hydrogen) atoms. The average molecular weight is 382 g/mol. The van der Waals surface area contributed by atoms with Crippen molar-refractivity contribution in [2.75, 3.05) is 32.8 Å². The number of piperidine rings is 1. The Labute approximate surface area is 140 Å². The minimum Gasteiger partial charge on any atom is -0.395 e. The lowest BCUT2D eigenvalue weighted by Crippen LogP contribution is -2.39. The molecule has 0 bridgehead atoms. The first-order valence-corrected chi connectivity index (χ1v) is 7.96. The summed E-state index contributed by atoms with van der Waals surface area (Å²) < 4.78 is 14.7. The molecule has 1 aliphatic heterocycles. The number of hydrogen-bond donors (Lipinski definition) is 2. The maximum atomic E-state index is 13.8. The number of hydrogen-bond acceptors (Lipinski definition) is 3. The summed E-state index contributed by atoms with van der Waals surface area (Å²) in [6.07, 6.45) is 2.40. The second-order valence-electron chi connectivity index (χ2n) is 5.41. The first kappa shape index (κ1) is 18.8. The highest BCUT2D eigenvalue weighted by Crippen LogP contribution is 2.19. The molecular weight excluding hydrogens is 359 g/mol. The summed E-state index contributed by atoms with van der Waals surface area (Å²) >= 11 is 3.38. The van der Waals surface area contributed by atoms with Crippen molar-refractivity contribution in [3.63, 3.8) is 0 Å². The van der Waals surface area contributed by atoms with Gasteiger partial charge in [0, 0.05) is 29.7 Å². The molecule has 1 fully saturated rings. The van der Waals surface area contributed by atoms with Gasteiger partial charge in [-0.3, -0.25) is 4.90 Å². The molecular formula is C15H23BrClFN2O. The molecule has 1 atom stereocenters. The molecule has 1 heterocycles. The van der Waals surface area contributed by atoms with Crippen molar-refractivity contribution in [3.05, 3.63) is 34.1 Å². The summed E-state index contributed by atoms with van der Waals surface area (Å²) in [5, 5.41) is 12.6. The highest BCUT2D eigenvalue weighted by molar-refractivity contribution is 9.10. The third-order valence-corrected chi connectivity index (χ3v) is 4.23. The lowest BCUT2D eigenvalue weighted by atomic mass is 9.99. The van der Waals surface area contributed by atoms with Crippen molar-refractivity contribution >= 4 is 28.3 Å². The van der Waals surface area contributed by atoms with Gasteiger partial charge in [0.05, 0.1) is 6.61 Å². The summed E-state index contributed by atoms with van der Waals surface area (Å²) in [5.74, 6) is 0.406. The van der Waals surface area contributed by atoms with E-state index >= 15 is 0 Å². The van der Waals surface area contributed by atoms with Crippen LogP contribution in [-0.4, -0.2) is 42.8 Å². The molecule has 0 radical (unpaired) electrons. The van der Waals surface area contributed by atoms with Crippen LogP contribution in [0, 0.1) is 11.7 Å². The van der Waals surface area contributed by atoms with Crippen LogP contribution in [0.4, 0.5) is 4.39 Å². The van der Waals surface area contributed by atoms with E-state index in [0.29, 0.717) is 24.6 Å². The number of benzene rings is 1. The molecule has 2 rings (SSSR count). The number of rotatable bonds is 6. The number of aliphatic hydroxyl groups excluding tert-OH is 1. The maximum Gasteiger partial charge on any atom is 0.127 e. The van der Waals surface area contributed by atoms with E-state index in [1.807, 2.05) is 6.07 Å². The Hall–Kier alpha value is -0.200. The fourth-order valence-electron chi connectivity index (χ4n) is 2.73. The van der Waals surface area contributed by atoms with Gasteiger partial charge in [0.2, 0.25) is 0 Å². The normalized spacial score (nSPS) is 18.6. The zero-order valence-corrected chi connectivity index (χ0v) is 14.4. The Balaban J connectivity index is 0.00000220. The van der Waals surface area contributed by atoms with Gasteiger partial charge in [-0.1, -0.05) is 15.9 Å². The Morgan fingerprint density at radius 2 is 2.24 bits per heavy atom. The van der Waals surface area contributed by atoms with Crippen LogP contribution in [0.5, 0.6) is 0 Å². The van der Waals surface area contributed by atoms with Crippen LogP contribution in [0.2, 0.25) is 0 Å². The van der Waals surface area contributed by atoms with E-state index in [-0.39, 0.29) is 24.8 Å². The Bertz CT molecular complexity index is 430. The van der Waals surface area contributed by atoms with Crippen molar-refractivity contribution in [3.8, 4) is 0 Å². The maximum absolute atomic E-state index is 13.8. The van der Waals surface area contributed by atoms with Crippen molar-refractivity contribution in [1.82, 2.24) is 10.2 Å². The molecule has 1 aliphatic rings. The molecule has 0 aliphatic carbocycles. The lowest BCUT2D eigenvalue weighted by Gasteiger charge is -2.30. The van der Waals surface area contributed by atoms with Gasteiger partial charge in [0.25, 0.3) is 0 Å². The third kappa shape index (κ3) is 6.20. The standard InChI is InChI=1S/C15H22BrFN2O.ClH/c16-14-3-4-15(17)13(8-14)11-19(6-7-20)10-12-2-1-5-18-9-12;/h3-4,8,12,18,20H,1-2,5-7,9-11H2;1H. The van der Waals surface area contributed by atoms with Crippen molar-refractivity contribution < 1.29 is 9.50 Å². The molecule has 120 valence electrons. The number of nitrogens with one attached hydrogen (secondary N) is 1. The molecule has 1 aromatic rings. The molecule has 1 saturated heterocycles. The largest absolute Gasteiger partial charge is 0.395 e. The highest BCUT2D eigenvalue weighted by Gasteiger charge is 2.18. The van der Waals surface area contributed by atoms with Gasteiger partial charge in [0.15, 0.2) is 0 Å². The fourth-order valence-corrected chi connectivity index (χ4v) is 3.14. The number of nitrogens with zero attached hydrogens (tertiary/aromatic N) is 1. The highest BCUT2D eigenvalue weighted by atomic mass is 79.9. The second-order valence-corrected chi connectivity index (χ2v) is 6.32. The van der Waals surface area contributed by atoms with Gasteiger partial charge in [0.1, 0.15) is 5.82 Å². The van der Waals surface area contributed by atoms with E-state index in [0.717, 1.165) is 24.1 Å². The van der Waals surface area contributed by atoms with Crippen molar-refractivity contribution in [2.45, 2.75) is 19.4 Å². The van der Waals surface area contributed by atoms with Crippen LogP contribution in [0.15, 0.2) is 22.7 Å². The van der Waals surface area contributed by atoms with E-state index in [2.05, 4.69) is 26.1 Å². The van der Waals surface area contributed by atoms with Crippen LogP contribution < -0.4 is 5.32 Å². The second kappa shape index (κ2) is 9.74. The van der Waals surface area contributed by atoms with Crippen LogP contribution in [0.1, 0.15) is 18.4 Å². The Morgan fingerprint density at radius 1 is 1.43 bits per heavy atom. The first-order valence-electron chi connectivity index (χ1n) is 7.17. The average Bonchev–Trinajstić information content (AvgIpc) is 2.44. The molecule has 1 unspecified atom stereocenters. The zero-order valence-electron chi connectivity index (χ0n) is 12.0. The van der Waals surface area contributed by atoms with Crippen molar-refractivity contribution in [1.29, 1.82) is 0 Å². The van der Waals surface area contributed by atoms with Crippen LogP contribution in [0.25, 0.3) is 0 Å². The van der Waals surface area contributed by atoms with Gasteiger partial charge in [-0.2, -0.15) is 0 Å². The van der Waals surface area contributed by atoms with E-state index < -0.39 is 0 Å². The van der Waals surface area contributed by atoms with E-state index in [4.69, 9.17) is 0 Å². The Morgan fingerprint density at radius 3 is 2.90 bits per heavy atom. The van der Waals surface area contributed by atoms with E-state index in [1.54, 1.807) is 6.07 Å². The van der Waals surface area contributed by atoms with Gasteiger partial charge >= 0.3 is 0 Å². The molecule has 0 saturated carbocycles. The van der Waals surface area contributed by atoms with Crippen LogP contribution in [0.3, 0.4) is 0 Å². The molecule has 6 heteroatoms. The molecule has 1 aromatic carbocycles. The number of halogens is 3. The zero-order chi connectivity index (χ0) is 14.4. The number of aliphatic hydroxyl groups is 1. The lowest BCUT2D eigenvalue weighted by molar-refractivity contribution is 0.157. The SMILES string of the molecule is Cl.OCCN(Cc1cc(Br)ccc1F)CC1CCCNC1.